The summed E-state index contributed by atoms with van der Waals surface area (Å²) < 4.78 is 39.0. The van der Waals surface area contributed by atoms with E-state index in [1.807, 2.05) is 12.1 Å². The first-order valence-corrected chi connectivity index (χ1v) is 10.0. The van der Waals surface area contributed by atoms with Crippen LogP contribution in [0.3, 0.4) is 0 Å². The van der Waals surface area contributed by atoms with Crippen molar-refractivity contribution in [2.75, 3.05) is 17.2 Å². The molecule has 148 valence electrons. The van der Waals surface area contributed by atoms with Gasteiger partial charge in [-0.2, -0.15) is 13.2 Å². The number of halogens is 4. The molecule has 0 radical (unpaired) electrons. The van der Waals surface area contributed by atoms with Gasteiger partial charge >= 0.3 is 6.18 Å². The molecule has 8 heteroatoms. The first kappa shape index (κ1) is 19.8. The Balaban J connectivity index is 1.71. The van der Waals surface area contributed by atoms with E-state index in [1.165, 1.54) is 12.1 Å². The lowest BCUT2D eigenvalue weighted by molar-refractivity contribution is -0.137. The molecule has 0 fully saturated rings. The van der Waals surface area contributed by atoms with Gasteiger partial charge in [0.15, 0.2) is 0 Å². The quantitative estimate of drug-likeness (QED) is 0.600. The van der Waals surface area contributed by atoms with E-state index in [0.717, 1.165) is 22.1 Å². The first-order valence-electron chi connectivity index (χ1n) is 8.68. The summed E-state index contributed by atoms with van der Waals surface area (Å²) in [4.78, 5) is 19.9. The number of para-hydroxylation sites is 1. The molecule has 0 N–H and O–H groups in total. The van der Waals surface area contributed by atoms with Gasteiger partial charge in [0, 0.05) is 21.3 Å². The SMILES string of the molecule is O=C1C(=Nc2cccc(C(F)(F)F)c2)c2ccccc2N1CC1=CC=C(Cl)CS1. The second-order valence-electron chi connectivity index (χ2n) is 6.45. The van der Waals surface area contributed by atoms with Crippen molar-refractivity contribution in [1.29, 1.82) is 0 Å². The van der Waals surface area contributed by atoms with Gasteiger partial charge in [0.1, 0.15) is 5.71 Å². The number of carbonyl (C=O) groups excluding carboxylic acids is 1. The molecular weight excluding hydrogens is 421 g/mol. The third kappa shape index (κ3) is 4.11. The average Bonchev–Trinajstić information content (AvgIpc) is 2.95. The molecule has 0 aliphatic carbocycles. The molecule has 2 heterocycles. The molecule has 0 bridgehead atoms. The maximum Gasteiger partial charge on any atom is 0.416 e. The summed E-state index contributed by atoms with van der Waals surface area (Å²) in [6, 6.07) is 11.8. The van der Waals surface area contributed by atoms with Crippen molar-refractivity contribution in [2.45, 2.75) is 6.18 Å². The minimum absolute atomic E-state index is 0.0841. The Kier molecular flexibility index (Phi) is 5.27. The van der Waals surface area contributed by atoms with E-state index in [4.69, 9.17) is 11.6 Å². The van der Waals surface area contributed by atoms with E-state index in [1.54, 1.807) is 40.9 Å². The molecule has 0 unspecified atom stereocenters. The van der Waals surface area contributed by atoms with Gasteiger partial charge in [-0.15, -0.1) is 11.8 Å². The molecule has 0 spiro atoms. The van der Waals surface area contributed by atoms with Gasteiger partial charge < -0.3 is 4.90 Å². The van der Waals surface area contributed by atoms with Gasteiger partial charge in [0.2, 0.25) is 0 Å². The van der Waals surface area contributed by atoms with Crippen molar-refractivity contribution in [1.82, 2.24) is 0 Å². The van der Waals surface area contributed by atoms with Gasteiger partial charge in [-0.3, -0.25) is 4.79 Å². The zero-order valence-corrected chi connectivity index (χ0v) is 16.5. The van der Waals surface area contributed by atoms with E-state index in [9.17, 15) is 18.0 Å². The number of rotatable bonds is 3. The third-order valence-electron chi connectivity index (χ3n) is 4.47. The summed E-state index contributed by atoms with van der Waals surface area (Å²) in [5.74, 6) is 0.299. The molecular formula is C21H14ClF3N2OS. The zero-order chi connectivity index (χ0) is 20.6. The van der Waals surface area contributed by atoms with E-state index in [0.29, 0.717) is 23.5 Å². The van der Waals surface area contributed by atoms with Crippen molar-refractivity contribution < 1.29 is 18.0 Å². The molecule has 0 saturated carbocycles. The van der Waals surface area contributed by atoms with Crippen LogP contribution in [-0.4, -0.2) is 23.9 Å². The first-order chi connectivity index (χ1) is 13.8. The molecule has 0 atom stereocenters. The van der Waals surface area contributed by atoms with Crippen LogP contribution < -0.4 is 4.90 Å². The Hall–Kier alpha value is -2.51. The summed E-state index contributed by atoms with van der Waals surface area (Å²) in [5.41, 5.74) is 0.702. The van der Waals surface area contributed by atoms with Crippen molar-refractivity contribution in [3.8, 4) is 0 Å². The van der Waals surface area contributed by atoms with Crippen LogP contribution >= 0.6 is 23.4 Å². The van der Waals surface area contributed by atoms with Gasteiger partial charge in [-0.25, -0.2) is 4.99 Å². The number of aliphatic imine (C=N–C) groups is 1. The molecule has 2 aliphatic rings. The van der Waals surface area contributed by atoms with E-state index < -0.39 is 11.7 Å². The zero-order valence-electron chi connectivity index (χ0n) is 14.9. The fourth-order valence-electron chi connectivity index (χ4n) is 3.10. The molecule has 2 aromatic rings. The number of alkyl halides is 3. The van der Waals surface area contributed by atoms with Crippen LogP contribution in [0.1, 0.15) is 11.1 Å². The average molecular weight is 435 g/mol. The highest BCUT2D eigenvalue weighted by Gasteiger charge is 2.35. The monoisotopic (exact) mass is 434 g/mol. The van der Waals surface area contributed by atoms with Crippen molar-refractivity contribution >= 4 is 46.4 Å². The lowest BCUT2D eigenvalue weighted by Gasteiger charge is -2.20. The minimum atomic E-state index is -4.47. The van der Waals surface area contributed by atoms with Crippen molar-refractivity contribution in [3.05, 3.63) is 81.7 Å². The maximum absolute atomic E-state index is 13.1. The Morgan fingerprint density at radius 1 is 1.10 bits per heavy atom. The van der Waals surface area contributed by atoms with Gasteiger partial charge in [0.05, 0.1) is 23.5 Å². The standard InChI is InChI=1S/C21H14ClF3N2OS/c22-14-8-9-16(29-12-14)11-27-18-7-2-1-6-17(18)19(20(27)28)26-15-5-3-4-13(10-15)21(23,24)25/h1-10H,11-12H2. The second-order valence-corrected chi connectivity index (χ2v) is 8.04. The van der Waals surface area contributed by atoms with Gasteiger partial charge in [-0.1, -0.05) is 35.9 Å². The molecule has 4 rings (SSSR count). The Morgan fingerprint density at radius 2 is 1.90 bits per heavy atom. The number of amides is 1. The smallest absolute Gasteiger partial charge is 0.301 e. The predicted molar refractivity (Wildman–Crippen MR) is 111 cm³/mol. The predicted octanol–water partition coefficient (Wildman–Crippen LogP) is 5.93. The molecule has 2 aliphatic heterocycles. The largest absolute Gasteiger partial charge is 0.416 e. The normalized spacial score (nSPS) is 18.0. The lowest BCUT2D eigenvalue weighted by atomic mass is 10.1. The number of hydrogen-bond donors (Lipinski definition) is 0. The summed E-state index contributed by atoms with van der Waals surface area (Å²) in [5, 5.41) is 0.735. The number of fused-ring (bicyclic) bond motifs is 1. The highest BCUT2D eigenvalue weighted by atomic mass is 35.5. The Labute approximate surface area is 174 Å². The molecule has 3 nitrogen and oxygen atoms in total. The lowest BCUT2D eigenvalue weighted by Crippen LogP contribution is -2.31. The van der Waals surface area contributed by atoms with E-state index in [2.05, 4.69) is 4.99 Å². The van der Waals surface area contributed by atoms with Crippen LogP contribution in [0, 0.1) is 0 Å². The molecule has 1 amide bonds. The van der Waals surface area contributed by atoms with Crippen LogP contribution in [-0.2, 0) is 11.0 Å². The second kappa shape index (κ2) is 7.72. The van der Waals surface area contributed by atoms with Crippen LogP contribution in [0.5, 0.6) is 0 Å². The van der Waals surface area contributed by atoms with Crippen molar-refractivity contribution in [2.24, 2.45) is 4.99 Å². The number of thioether (sulfide) groups is 1. The number of nitrogens with zero attached hydrogens (tertiary/aromatic N) is 2. The number of allylic oxidation sites excluding steroid dienone is 2. The summed E-state index contributed by atoms with van der Waals surface area (Å²) in [6.07, 6.45) is -0.800. The summed E-state index contributed by atoms with van der Waals surface area (Å²) in [6.45, 7) is 0.350. The molecule has 0 aromatic heterocycles. The van der Waals surface area contributed by atoms with Crippen LogP contribution in [0.2, 0.25) is 0 Å². The fraction of sp³-hybridized carbons (Fsp3) is 0.143. The number of carbonyl (C=O) groups is 1. The summed E-state index contributed by atoms with van der Waals surface area (Å²) in [7, 11) is 0. The van der Waals surface area contributed by atoms with Crippen LogP contribution in [0.25, 0.3) is 0 Å². The van der Waals surface area contributed by atoms with E-state index >= 15 is 0 Å². The van der Waals surface area contributed by atoms with Gasteiger partial charge in [-0.05, 0) is 36.4 Å². The topological polar surface area (TPSA) is 32.7 Å². The summed E-state index contributed by atoms with van der Waals surface area (Å²) >= 11 is 7.53. The van der Waals surface area contributed by atoms with Crippen LogP contribution in [0.4, 0.5) is 24.5 Å². The van der Waals surface area contributed by atoms with E-state index in [-0.39, 0.29) is 17.3 Å². The molecule has 2 aromatic carbocycles. The number of anilines is 1. The van der Waals surface area contributed by atoms with Crippen LogP contribution in [0.15, 0.2) is 75.6 Å². The highest BCUT2D eigenvalue weighted by Crippen LogP contribution is 2.35. The Bertz CT molecular complexity index is 1080. The number of benzene rings is 2. The maximum atomic E-state index is 13.1. The van der Waals surface area contributed by atoms with Gasteiger partial charge in [0.25, 0.3) is 5.91 Å². The molecule has 0 saturated heterocycles. The molecule has 29 heavy (non-hydrogen) atoms. The highest BCUT2D eigenvalue weighted by molar-refractivity contribution is 8.03. The minimum Gasteiger partial charge on any atom is -0.301 e. The Morgan fingerprint density at radius 3 is 2.62 bits per heavy atom. The number of hydrogen-bond acceptors (Lipinski definition) is 3. The third-order valence-corrected chi connectivity index (χ3v) is 5.98. The fourth-order valence-corrected chi connectivity index (χ4v) is 4.13. The van der Waals surface area contributed by atoms with Crippen molar-refractivity contribution in [3.63, 3.8) is 0 Å².